The molecule has 0 aliphatic heterocycles. The topological polar surface area (TPSA) is 142 Å². The molecule has 0 rings (SSSR count). The van der Waals surface area contributed by atoms with Crippen LogP contribution in [-0.4, -0.2) is 99.2 Å². The first kappa shape index (κ1) is 25.6. The molecule has 23 heavy (non-hydrogen) atoms. The molecule has 0 aliphatic rings. The van der Waals surface area contributed by atoms with E-state index < -0.39 is 34.4 Å². The maximum Gasteiger partial charge on any atom is 2.00 e. The molecule has 0 aromatic heterocycles. The summed E-state index contributed by atoms with van der Waals surface area (Å²) in [4.78, 5) is 23.0. The molecule has 12 heteroatoms. The smallest absolute Gasteiger partial charge is 1.00 e. The largest absolute Gasteiger partial charge is 2.00 e. The van der Waals surface area contributed by atoms with E-state index in [9.17, 15) is 23.1 Å². The predicted octanol–water partition coefficient (Wildman–Crippen LogP) is -1.41. The summed E-state index contributed by atoms with van der Waals surface area (Å²) in [6.07, 6.45) is -1.54. The number of hydrogen-bond acceptors (Lipinski definition) is 7. The SMILES string of the molecule is CC(C)(COS(=O)(=O)O)C(O)C(=O)NCCC(=O)NCCS.[Ca+2].[H-].[H-]. The maximum absolute atomic E-state index is 11.7. The van der Waals surface area contributed by atoms with Gasteiger partial charge in [-0.15, -0.1) is 0 Å². The molecule has 0 radical (unpaired) electrons. The van der Waals surface area contributed by atoms with Gasteiger partial charge in [0.05, 0.1) is 6.61 Å². The Morgan fingerprint density at radius 3 is 2.35 bits per heavy atom. The molecule has 0 aromatic rings. The van der Waals surface area contributed by atoms with Crippen molar-refractivity contribution in [3.8, 4) is 0 Å². The summed E-state index contributed by atoms with van der Waals surface area (Å²) >= 11 is 3.93. The van der Waals surface area contributed by atoms with Gasteiger partial charge >= 0.3 is 48.1 Å². The molecule has 1 unspecified atom stereocenters. The van der Waals surface area contributed by atoms with Crippen LogP contribution in [0.3, 0.4) is 0 Å². The molecule has 2 amide bonds. The molecule has 0 aromatic carbocycles. The second kappa shape index (κ2) is 11.9. The van der Waals surface area contributed by atoms with Crippen LogP contribution in [0.5, 0.6) is 0 Å². The van der Waals surface area contributed by atoms with E-state index in [1.165, 1.54) is 13.8 Å². The first-order valence-electron chi connectivity index (χ1n) is 6.45. The van der Waals surface area contributed by atoms with Gasteiger partial charge < -0.3 is 18.6 Å². The second-order valence-electron chi connectivity index (χ2n) is 5.20. The normalized spacial score (nSPS) is 12.9. The van der Waals surface area contributed by atoms with Gasteiger partial charge in [-0.05, 0) is 0 Å². The Hall–Kier alpha value is 0.380. The Balaban J connectivity index is -0.000000735. The van der Waals surface area contributed by atoms with E-state index in [-0.39, 0.29) is 59.5 Å². The fraction of sp³-hybridized carbons (Fsp3) is 0.818. The Kier molecular flexibility index (Phi) is 13.2. The van der Waals surface area contributed by atoms with Crippen LogP contribution in [0.2, 0.25) is 0 Å². The maximum atomic E-state index is 11.7. The number of thiol groups is 1. The van der Waals surface area contributed by atoms with Gasteiger partial charge in [-0.3, -0.25) is 14.1 Å². The van der Waals surface area contributed by atoms with Gasteiger partial charge in [0.1, 0.15) is 6.10 Å². The fourth-order valence-electron chi connectivity index (χ4n) is 1.34. The van der Waals surface area contributed by atoms with E-state index in [4.69, 9.17) is 4.55 Å². The van der Waals surface area contributed by atoms with Gasteiger partial charge in [0, 0.05) is 30.7 Å². The molecule has 0 bridgehead atoms. The second-order valence-corrected chi connectivity index (χ2v) is 6.73. The third-order valence-corrected chi connectivity index (χ3v) is 3.29. The van der Waals surface area contributed by atoms with E-state index in [0.29, 0.717) is 12.3 Å². The number of amides is 2. The van der Waals surface area contributed by atoms with Crippen molar-refractivity contribution in [3.63, 3.8) is 0 Å². The molecular weight excluding hydrogens is 376 g/mol. The Bertz CT molecular complexity index is 495. The van der Waals surface area contributed by atoms with Crippen LogP contribution in [0.25, 0.3) is 0 Å². The molecule has 0 saturated heterocycles. The molecule has 0 saturated carbocycles. The Morgan fingerprint density at radius 2 is 1.87 bits per heavy atom. The third-order valence-electron chi connectivity index (χ3n) is 2.65. The van der Waals surface area contributed by atoms with Gasteiger partial charge in [-0.2, -0.15) is 21.0 Å². The van der Waals surface area contributed by atoms with E-state index in [1.807, 2.05) is 0 Å². The van der Waals surface area contributed by atoms with Crippen LogP contribution in [0, 0.1) is 5.41 Å². The van der Waals surface area contributed by atoms with Gasteiger partial charge in [0.15, 0.2) is 0 Å². The number of rotatable bonds is 10. The zero-order chi connectivity index (χ0) is 17.4. The van der Waals surface area contributed by atoms with Crippen LogP contribution in [0.1, 0.15) is 23.1 Å². The standard InChI is InChI=1S/C11H22N2O7S2.Ca.2H/c1-11(2,7-20-22(17,18)19)9(15)10(16)13-4-3-8(14)12-5-6-21;;;/h9,15,21H,3-7H2,1-2H3,(H,12,14)(H,13,16)(H,17,18,19);;;/q;+2;2*-1. The summed E-state index contributed by atoms with van der Waals surface area (Å²) < 4.78 is 33.7. The molecule has 0 spiro atoms. The van der Waals surface area contributed by atoms with Crippen molar-refractivity contribution >= 4 is 72.6 Å². The van der Waals surface area contributed by atoms with E-state index in [2.05, 4.69) is 27.4 Å². The molecule has 4 N–H and O–H groups in total. The average Bonchev–Trinajstić information content (AvgIpc) is 2.41. The van der Waals surface area contributed by atoms with Crippen LogP contribution in [0.15, 0.2) is 0 Å². The minimum Gasteiger partial charge on any atom is -1.00 e. The number of carbonyl (C=O) groups is 2. The van der Waals surface area contributed by atoms with Crippen LogP contribution >= 0.6 is 12.6 Å². The summed E-state index contributed by atoms with van der Waals surface area (Å²) in [6.45, 7) is 2.63. The van der Waals surface area contributed by atoms with Crippen LogP contribution in [-0.2, 0) is 24.2 Å². The van der Waals surface area contributed by atoms with Crippen molar-refractivity contribution in [3.05, 3.63) is 0 Å². The van der Waals surface area contributed by atoms with E-state index >= 15 is 0 Å². The van der Waals surface area contributed by atoms with Crippen molar-refractivity contribution in [2.45, 2.75) is 26.4 Å². The van der Waals surface area contributed by atoms with E-state index in [0.717, 1.165) is 0 Å². The molecule has 134 valence electrons. The zero-order valence-electron chi connectivity index (χ0n) is 15.1. The Labute approximate surface area is 174 Å². The zero-order valence-corrected chi connectivity index (χ0v) is 17.0. The number of nitrogens with one attached hydrogen (secondary N) is 2. The number of carbonyl (C=O) groups excluding carboxylic acids is 2. The van der Waals surface area contributed by atoms with Crippen molar-refractivity contribution in [2.75, 3.05) is 25.4 Å². The number of aliphatic hydroxyl groups excluding tert-OH is 1. The third kappa shape index (κ3) is 12.4. The number of aliphatic hydroxyl groups is 1. The van der Waals surface area contributed by atoms with Gasteiger partial charge in [0.2, 0.25) is 11.8 Å². The first-order valence-corrected chi connectivity index (χ1v) is 8.44. The quantitative estimate of drug-likeness (QED) is 0.172. The van der Waals surface area contributed by atoms with Gasteiger partial charge in [-0.1, -0.05) is 13.8 Å². The molecule has 9 nitrogen and oxygen atoms in total. The molecule has 0 aliphatic carbocycles. The van der Waals surface area contributed by atoms with Crippen LogP contribution < -0.4 is 10.6 Å². The average molecular weight is 401 g/mol. The summed E-state index contributed by atoms with van der Waals surface area (Å²) in [7, 11) is -4.66. The van der Waals surface area contributed by atoms with E-state index in [1.54, 1.807) is 0 Å². The summed E-state index contributed by atoms with van der Waals surface area (Å²) in [5, 5.41) is 14.8. The molecule has 0 fully saturated rings. The molecular formula is C11H24CaN2O7S2. The minimum atomic E-state index is -4.66. The Morgan fingerprint density at radius 1 is 1.30 bits per heavy atom. The van der Waals surface area contributed by atoms with Gasteiger partial charge in [0.25, 0.3) is 0 Å². The van der Waals surface area contributed by atoms with Crippen LogP contribution in [0.4, 0.5) is 0 Å². The summed E-state index contributed by atoms with van der Waals surface area (Å²) in [5.41, 5.74) is -1.26. The summed E-state index contributed by atoms with van der Waals surface area (Å²) in [6, 6.07) is 0. The molecule has 1 atom stereocenters. The van der Waals surface area contributed by atoms with Crippen molar-refractivity contribution in [2.24, 2.45) is 5.41 Å². The van der Waals surface area contributed by atoms with Crippen molar-refractivity contribution < 1.29 is 34.7 Å². The van der Waals surface area contributed by atoms with Crippen molar-refractivity contribution in [1.29, 1.82) is 0 Å². The monoisotopic (exact) mass is 400 g/mol. The first-order chi connectivity index (χ1) is 9.99. The predicted molar refractivity (Wildman–Crippen MR) is 89.8 cm³/mol. The number of hydrogen-bond donors (Lipinski definition) is 5. The summed E-state index contributed by atoms with van der Waals surface area (Å²) in [5.74, 6) is -0.539. The molecule has 0 heterocycles. The fourth-order valence-corrected chi connectivity index (χ4v) is 1.90. The van der Waals surface area contributed by atoms with Crippen molar-refractivity contribution in [1.82, 2.24) is 10.6 Å². The van der Waals surface area contributed by atoms with Gasteiger partial charge in [-0.25, -0.2) is 4.18 Å². The minimum absolute atomic E-state index is 0.